The van der Waals surface area contributed by atoms with Crippen LogP contribution in [0.2, 0.25) is 0 Å². The molecule has 3 aromatic rings. The predicted octanol–water partition coefficient (Wildman–Crippen LogP) is 4.40. The van der Waals surface area contributed by atoms with Crippen LogP contribution in [-0.2, 0) is 22.3 Å². The zero-order valence-electron chi connectivity index (χ0n) is 14.6. The summed E-state index contributed by atoms with van der Waals surface area (Å²) in [5.74, 6) is -4.42. The molecule has 1 heterocycles. The molecule has 0 unspecified atom stereocenters. The molecule has 0 bridgehead atoms. The van der Waals surface area contributed by atoms with Crippen molar-refractivity contribution in [2.45, 2.75) is 12.7 Å². The van der Waals surface area contributed by atoms with Crippen molar-refractivity contribution in [2.24, 2.45) is 0 Å². The Morgan fingerprint density at radius 1 is 1.03 bits per heavy atom. The fourth-order valence-corrected chi connectivity index (χ4v) is 2.86. The van der Waals surface area contributed by atoms with Crippen molar-refractivity contribution in [3.63, 3.8) is 0 Å². The Morgan fingerprint density at radius 2 is 1.69 bits per heavy atom. The standard InChI is InChI=1S/C20H13F4NO4/c21-13-5-6-16-14(7-13)15(17(26)8-18(27)19(28)29)10-25(16)9-11-1-3-12(4-2-11)20(22,23)24/h1-8,10,26H,9H2,(H,28,29). The van der Waals surface area contributed by atoms with Crippen molar-refractivity contribution in [1.29, 1.82) is 0 Å². The minimum absolute atomic E-state index is 0.0148. The third-order valence-corrected chi connectivity index (χ3v) is 4.23. The highest BCUT2D eigenvalue weighted by Crippen LogP contribution is 2.30. The van der Waals surface area contributed by atoms with E-state index in [4.69, 9.17) is 5.11 Å². The molecule has 150 valence electrons. The van der Waals surface area contributed by atoms with Crippen LogP contribution < -0.4 is 0 Å². The van der Waals surface area contributed by atoms with Gasteiger partial charge in [-0.05, 0) is 35.9 Å². The van der Waals surface area contributed by atoms with E-state index < -0.39 is 35.1 Å². The molecule has 0 spiro atoms. The number of aliphatic hydroxyl groups is 1. The van der Waals surface area contributed by atoms with E-state index in [1.165, 1.54) is 30.5 Å². The average Bonchev–Trinajstić information content (AvgIpc) is 2.99. The van der Waals surface area contributed by atoms with Gasteiger partial charge in [-0.3, -0.25) is 4.79 Å². The molecule has 0 atom stereocenters. The van der Waals surface area contributed by atoms with Gasteiger partial charge in [0, 0.05) is 35.3 Å². The number of hydrogen-bond donors (Lipinski definition) is 2. The first kappa shape index (κ1) is 20.1. The van der Waals surface area contributed by atoms with Crippen molar-refractivity contribution in [3.05, 3.63) is 77.2 Å². The molecule has 0 amide bonds. The van der Waals surface area contributed by atoms with Gasteiger partial charge in [0.1, 0.15) is 11.6 Å². The van der Waals surface area contributed by atoms with Gasteiger partial charge >= 0.3 is 12.1 Å². The molecule has 29 heavy (non-hydrogen) atoms. The summed E-state index contributed by atoms with van der Waals surface area (Å²) in [5, 5.41) is 19.0. The van der Waals surface area contributed by atoms with E-state index in [1.54, 1.807) is 4.57 Å². The van der Waals surface area contributed by atoms with Crippen molar-refractivity contribution < 1.29 is 37.4 Å². The first-order chi connectivity index (χ1) is 13.6. The lowest BCUT2D eigenvalue weighted by Gasteiger charge is -2.09. The molecule has 0 aliphatic heterocycles. The molecule has 2 N–H and O–H groups in total. The minimum atomic E-state index is -4.46. The average molecular weight is 407 g/mol. The predicted molar refractivity (Wildman–Crippen MR) is 95.7 cm³/mol. The van der Waals surface area contributed by atoms with E-state index in [2.05, 4.69) is 0 Å². The second-order valence-electron chi connectivity index (χ2n) is 6.23. The van der Waals surface area contributed by atoms with Crippen LogP contribution in [0.25, 0.3) is 16.7 Å². The second kappa shape index (κ2) is 7.42. The van der Waals surface area contributed by atoms with Crippen LogP contribution in [-0.4, -0.2) is 26.5 Å². The Balaban J connectivity index is 2.03. The first-order valence-corrected chi connectivity index (χ1v) is 8.19. The SMILES string of the molecule is O=C(O)C(=O)C=C(O)c1cn(Cc2ccc(C(F)(F)F)cc2)c2ccc(F)cc12. The maximum absolute atomic E-state index is 13.7. The molecule has 0 saturated carbocycles. The largest absolute Gasteiger partial charge is 0.507 e. The minimum Gasteiger partial charge on any atom is -0.507 e. The second-order valence-corrected chi connectivity index (χ2v) is 6.23. The number of aliphatic carboxylic acids is 1. The number of aliphatic hydroxyl groups excluding tert-OH is 1. The Labute approximate surface area is 161 Å². The highest BCUT2D eigenvalue weighted by atomic mass is 19.4. The number of carbonyl (C=O) groups is 2. The number of carbonyl (C=O) groups excluding carboxylic acids is 1. The van der Waals surface area contributed by atoms with Crippen LogP contribution in [0.15, 0.2) is 54.7 Å². The molecule has 0 aliphatic rings. The first-order valence-electron chi connectivity index (χ1n) is 8.19. The number of aromatic nitrogens is 1. The third-order valence-electron chi connectivity index (χ3n) is 4.23. The van der Waals surface area contributed by atoms with Crippen molar-refractivity contribution in [1.82, 2.24) is 4.57 Å². The van der Waals surface area contributed by atoms with Crippen LogP contribution in [0.5, 0.6) is 0 Å². The van der Waals surface area contributed by atoms with Gasteiger partial charge in [-0.15, -0.1) is 0 Å². The number of halogens is 4. The van der Waals surface area contributed by atoms with Crippen LogP contribution in [0.3, 0.4) is 0 Å². The van der Waals surface area contributed by atoms with Gasteiger partial charge in [0.05, 0.1) is 5.56 Å². The van der Waals surface area contributed by atoms with Crippen molar-refractivity contribution >= 4 is 28.4 Å². The molecule has 0 aliphatic carbocycles. The quantitative estimate of drug-likeness (QED) is 0.284. The number of benzene rings is 2. The molecule has 0 radical (unpaired) electrons. The smallest absolute Gasteiger partial charge is 0.416 e. The summed E-state index contributed by atoms with van der Waals surface area (Å²) in [6.45, 7) is 0.0976. The molecular weight excluding hydrogens is 394 g/mol. The van der Waals surface area contributed by atoms with E-state index in [9.17, 15) is 32.3 Å². The number of fused-ring (bicyclic) bond motifs is 1. The number of hydrogen-bond acceptors (Lipinski definition) is 3. The number of rotatable bonds is 5. The van der Waals surface area contributed by atoms with Crippen LogP contribution in [0.4, 0.5) is 17.6 Å². The summed E-state index contributed by atoms with van der Waals surface area (Å²) in [7, 11) is 0. The molecule has 5 nitrogen and oxygen atoms in total. The number of carboxylic acids is 1. The van der Waals surface area contributed by atoms with Gasteiger partial charge in [-0.25, -0.2) is 9.18 Å². The lowest BCUT2D eigenvalue weighted by atomic mass is 10.1. The summed E-state index contributed by atoms with van der Waals surface area (Å²) in [4.78, 5) is 22.0. The molecule has 3 rings (SSSR count). The maximum atomic E-state index is 13.7. The topological polar surface area (TPSA) is 79.5 Å². The van der Waals surface area contributed by atoms with E-state index in [-0.39, 0.29) is 17.5 Å². The molecule has 0 saturated heterocycles. The normalized spacial score (nSPS) is 12.3. The summed E-state index contributed by atoms with van der Waals surface area (Å²) < 4.78 is 53.3. The van der Waals surface area contributed by atoms with Gasteiger partial charge in [-0.1, -0.05) is 12.1 Å². The van der Waals surface area contributed by atoms with Crippen molar-refractivity contribution in [3.8, 4) is 0 Å². The number of alkyl halides is 3. The monoisotopic (exact) mass is 407 g/mol. The molecule has 1 aromatic heterocycles. The van der Waals surface area contributed by atoms with Crippen molar-refractivity contribution in [2.75, 3.05) is 0 Å². The fraction of sp³-hybridized carbons (Fsp3) is 0.100. The zero-order chi connectivity index (χ0) is 21.3. The number of carboxylic acid groups (broad SMARTS) is 1. The summed E-state index contributed by atoms with van der Waals surface area (Å²) >= 11 is 0. The van der Waals surface area contributed by atoms with Crippen LogP contribution >= 0.6 is 0 Å². The number of nitrogens with zero attached hydrogens (tertiary/aromatic N) is 1. The van der Waals surface area contributed by atoms with Gasteiger partial charge in [-0.2, -0.15) is 13.2 Å². The van der Waals surface area contributed by atoms with E-state index in [0.717, 1.165) is 18.2 Å². The summed E-state index contributed by atoms with van der Waals surface area (Å²) in [6, 6.07) is 8.13. The van der Waals surface area contributed by atoms with Gasteiger partial charge < -0.3 is 14.8 Å². The van der Waals surface area contributed by atoms with Gasteiger partial charge in [0.15, 0.2) is 0 Å². The van der Waals surface area contributed by atoms with E-state index >= 15 is 0 Å². The van der Waals surface area contributed by atoms with Gasteiger partial charge in [0.25, 0.3) is 5.78 Å². The molecule has 9 heteroatoms. The summed E-state index contributed by atoms with van der Waals surface area (Å²) in [6.07, 6.45) is -2.59. The Hall–Kier alpha value is -3.62. The maximum Gasteiger partial charge on any atom is 0.416 e. The van der Waals surface area contributed by atoms with Crippen LogP contribution in [0.1, 0.15) is 16.7 Å². The molecule has 0 fully saturated rings. The van der Waals surface area contributed by atoms with Gasteiger partial charge in [0.2, 0.25) is 0 Å². The van der Waals surface area contributed by atoms with E-state index in [1.807, 2.05) is 0 Å². The Morgan fingerprint density at radius 3 is 2.28 bits per heavy atom. The Bertz CT molecular complexity index is 1130. The Kier molecular flexibility index (Phi) is 5.15. The summed E-state index contributed by atoms with van der Waals surface area (Å²) in [5.41, 5.74) is 0.162. The highest BCUT2D eigenvalue weighted by molar-refractivity contribution is 6.38. The zero-order valence-corrected chi connectivity index (χ0v) is 14.6. The lowest BCUT2D eigenvalue weighted by molar-refractivity contribution is -0.146. The highest BCUT2D eigenvalue weighted by Gasteiger charge is 2.30. The fourth-order valence-electron chi connectivity index (χ4n) is 2.86. The third kappa shape index (κ3) is 4.29. The molecular formula is C20H13F4NO4. The number of ketones is 1. The van der Waals surface area contributed by atoms with E-state index in [0.29, 0.717) is 17.2 Å². The lowest BCUT2D eigenvalue weighted by Crippen LogP contribution is -2.09. The van der Waals surface area contributed by atoms with Crippen LogP contribution in [0, 0.1) is 5.82 Å². The molecule has 2 aromatic carbocycles.